The highest BCUT2D eigenvalue weighted by molar-refractivity contribution is 5.75. The number of rotatable bonds is 1. The molecule has 1 aromatic carbocycles. The molecule has 2 bridgehead atoms. The van der Waals surface area contributed by atoms with Gasteiger partial charge in [0.15, 0.2) is 0 Å². The number of hydrogen-bond donors (Lipinski definition) is 0. The van der Waals surface area contributed by atoms with Gasteiger partial charge in [-0.1, -0.05) is 18.2 Å². The standard InChI is InChI=1S/C20H24F3NO2/c1-12-9-13(5-8-17(12)20(21,22)23)14-10-15-6-7-16(11-14)24(15)18(25)26-19(2,3)4/h5,8-10,15-16H,6-7,11H2,1-4H3. The maximum Gasteiger partial charge on any atom is 0.416 e. The molecule has 0 aliphatic carbocycles. The molecule has 0 aromatic heterocycles. The summed E-state index contributed by atoms with van der Waals surface area (Å²) in [5.41, 5.74) is 0.879. The first kappa shape index (κ1) is 18.8. The monoisotopic (exact) mass is 367 g/mol. The number of benzene rings is 1. The summed E-state index contributed by atoms with van der Waals surface area (Å²) in [7, 11) is 0. The van der Waals surface area contributed by atoms with Crippen molar-refractivity contribution >= 4 is 11.7 Å². The van der Waals surface area contributed by atoms with Crippen molar-refractivity contribution in [1.29, 1.82) is 0 Å². The van der Waals surface area contributed by atoms with E-state index in [4.69, 9.17) is 4.74 Å². The Morgan fingerprint density at radius 1 is 1.19 bits per heavy atom. The summed E-state index contributed by atoms with van der Waals surface area (Å²) in [5, 5.41) is 0. The first-order valence-electron chi connectivity index (χ1n) is 8.86. The van der Waals surface area contributed by atoms with Gasteiger partial charge in [0.1, 0.15) is 5.60 Å². The third kappa shape index (κ3) is 3.74. The van der Waals surface area contributed by atoms with E-state index in [0.29, 0.717) is 6.42 Å². The average Bonchev–Trinajstić information content (AvgIpc) is 2.74. The lowest BCUT2D eigenvalue weighted by molar-refractivity contribution is -0.138. The van der Waals surface area contributed by atoms with Crippen LogP contribution in [0.2, 0.25) is 0 Å². The molecule has 2 aliphatic rings. The third-order valence-corrected chi connectivity index (χ3v) is 4.90. The van der Waals surface area contributed by atoms with Crippen molar-refractivity contribution < 1.29 is 22.7 Å². The minimum absolute atomic E-state index is 0.0393. The highest BCUT2D eigenvalue weighted by Gasteiger charge is 2.42. The van der Waals surface area contributed by atoms with Gasteiger partial charge in [0, 0.05) is 6.04 Å². The SMILES string of the molecule is Cc1cc(C2=CC3CCC(C2)N3C(=O)OC(C)(C)C)ccc1C(F)(F)F. The second-order valence-electron chi connectivity index (χ2n) is 8.11. The molecule has 3 rings (SSSR count). The number of aryl methyl sites for hydroxylation is 1. The van der Waals surface area contributed by atoms with Gasteiger partial charge in [0.25, 0.3) is 0 Å². The van der Waals surface area contributed by atoms with Crippen LogP contribution in [0, 0.1) is 6.92 Å². The number of carbonyl (C=O) groups excluding carboxylic acids is 1. The van der Waals surface area contributed by atoms with E-state index in [2.05, 4.69) is 0 Å². The van der Waals surface area contributed by atoms with E-state index in [0.717, 1.165) is 30.0 Å². The third-order valence-electron chi connectivity index (χ3n) is 4.90. The molecule has 2 atom stereocenters. The highest BCUT2D eigenvalue weighted by atomic mass is 19.4. The molecule has 0 spiro atoms. The Balaban J connectivity index is 1.84. The van der Waals surface area contributed by atoms with Crippen molar-refractivity contribution in [3.63, 3.8) is 0 Å². The number of hydrogen-bond acceptors (Lipinski definition) is 2. The quantitative estimate of drug-likeness (QED) is 0.649. The summed E-state index contributed by atoms with van der Waals surface area (Å²) in [6.07, 6.45) is -0.272. The zero-order chi connectivity index (χ0) is 19.3. The summed E-state index contributed by atoms with van der Waals surface area (Å²) in [4.78, 5) is 14.3. The summed E-state index contributed by atoms with van der Waals surface area (Å²) in [5.74, 6) is 0. The number of amides is 1. The minimum Gasteiger partial charge on any atom is -0.444 e. The topological polar surface area (TPSA) is 29.5 Å². The molecule has 3 nitrogen and oxygen atoms in total. The van der Waals surface area contributed by atoms with E-state index in [1.54, 1.807) is 11.0 Å². The zero-order valence-corrected chi connectivity index (χ0v) is 15.5. The van der Waals surface area contributed by atoms with Crippen LogP contribution in [0.3, 0.4) is 0 Å². The van der Waals surface area contributed by atoms with Crippen LogP contribution in [0.15, 0.2) is 24.3 Å². The normalized spacial score (nSPS) is 23.0. The Kier molecular flexibility index (Phi) is 4.57. The van der Waals surface area contributed by atoms with Crippen molar-refractivity contribution in [2.75, 3.05) is 0 Å². The second-order valence-corrected chi connectivity index (χ2v) is 8.11. The molecule has 1 aromatic rings. The lowest BCUT2D eigenvalue weighted by Gasteiger charge is -2.35. The maximum absolute atomic E-state index is 13.0. The molecular formula is C20H24F3NO2. The largest absolute Gasteiger partial charge is 0.444 e. The van der Waals surface area contributed by atoms with E-state index in [1.165, 1.54) is 13.0 Å². The summed E-state index contributed by atoms with van der Waals surface area (Å²) in [6, 6.07) is 4.26. The smallest absolute Gasteiger partial charge is 0.416 e. The van der Waals surface area contributed by atoms with Gasteiger partial charge in [-0.3, -0.25) is 4.90 Å². The number of nitrogens with zero attached hydrogens (tertiary/aromatic N) is 1. The fourth-order valence-corrected chi connectivity index (χ4v) is 3.82. The Morgan fingerprint density at radius 3 is 2.42 bits per heavy atom. The van der Waals surface area contributed by atoms with Crippen molar-refractivity contribution in [3.8, 4) is 0 Å². The molecule has 0 saturated carbocycles. The van der Waals surface area contributed by atoms with Crippen molar-refractivity contribution in [2.24, 2.45) is 0 Å². The van der Waals surface area contributed by atoms with Crippen LogP contribution in [-0.2, 0) is 10.9 Å². The first-order valence-corrected chi connectivity index (χ1v) is 8.86. The molecule has 0 radical (unpaired) electrons. The zero-order valence-electron chi connectivity index (χ0n) is 15.5. The number of ether oxygens (including phenoxy) is 1. The predicted molar refractivity (Wildman–Crippen MR) is 93.7 cm³/mol. The van der Waals surface area contributed by atoms with Crippen molar-refractivity contribution in [1.82, 2.24) is 4.90 Å². The van der Waals surface area contributed by atoms with E-state index in [-0.39, 0.29) is 23.7 Å². The van der Waals surface area contributed by atoms with Gasteiger partial charge in [-0.2, -0.15) is 13.2 Å². The molecule has 0 N–H and O–H groups in total. The van der Waals surface area contributed by atoms with Gasteiger partial charge >= 0.3 is 12.3 Å². The van der Waals surface area contributed by atoms with E-state index < -0.39 is 17.3 Å². The van der Waals surface area contributed by atoms with Crippen LogP contribution in [0.1, 0.15) is 56.7 Å². The molecule has 26 heavy (non-hydrogen) atoms. The Bertz CT molecular complexity index is 746. The van der Waals surface area contributed by atoms with Gasteiger partial charge in [0.2, 0.25) is 0 Å². The van der Waals surface area contributed by atoms with Gasteiger partial charge in [-0.25, -0.2) is 4.79 Å². The van der Waals surface area contributed by atoms with E-state index in [9.17, 15) is 18.0 Å². The van der Waals surface area contributed by atoms with Gasteiger partial charge in [0.05, 0.1) is 11.6 Å². The summed E-state index contributed by atoms with van der Waals surface area (Å²) < 4.78 is 44.4. The van der Waals surface area contributed by atoms with Crippen LogP contribution < -0.4 is 0 Å². The summed E-state index contributed by atoms with van der Waals surface area (Å²) >= 11 is 0. The summed E-state index contributed by atoms with van der Waals surface area (Å²) in [6.45, 7) is 6.99. The number of carbonyl (C=O) groups is 1. The van der Waals surface area contributed by atoms with Crippen molar-refractivity contribution in [2.45, 2.75) is 70.8 Å². The molecule has 1 amide bonds. The average molecular weight is 367 g/mol. The predicted octanol–water partition coefficient (Wildman–Crippen LogP) is 5.57. The Hall–Kier alpha value is -1.98. The van der Waals surface area contributed by atoms with Crippen LogP contribution >= 0.6 is 0 Å². The fraction of sp³-hybridized carbons (Fsp3) is 0.550. The molecule has 142 valence electrons. The van der Waals surface area contributed by atoms with Gasteiger partial charge in [-0.05, 0) is 69.7 Å². The Labute approximate surface area is 151 Å². The molecule has 1 fully saturated rings. The van der Waals surface area contributed by atoms with Gasteiger partial charge in [-0.15, -0.1) is 0 Å². The fourth-order valence-electron chi connectivity index (χ4n) is 3.82. The Morgan fingerprint density at radius 2 is 1.88 bits per heavy atom. The van der Waals surface area contributed by atoms with E-state index in [1.807, 2.05) is 26.8 Å². The number of alkyl halides is 3. The molecule has 6 heteroatoms. The molecule has 2 unspecified atom stereocenters. The number of halogens is 3. The van der Waals surface area contributed by atoms with Crippen LogP contribution in [0.5, 0.6) is 0 Å². The molecular weight excluding hydrogens is 343 g/mol. The molecule has 1 saturated heterocycles. The lowest BCUT2D eigenvalue weighted by atomic mass is 9.92. The second kappa shape index (κ2) is 6.32. The van der Waals surface area contributed by atoms with Crippen LogP contribution in [0.4, 0.5) is 18.0 Å². The molecule has 2 heterocycles. The maximum atomic E-state index is 13.0. The lowest BCUT2D eigenvalue weighted by Crippen LogP contribution is -2.45. The first-order chi connectivity index (χ1) is 12.0. The van der Waals surface area contributed by atoms with E-state index >= 15 is 0 Å². The van der Waals surface area contributed by atoms with Crippen LogP contribution in [-0.4, -0.2) is 28.7 Å². The van der Waals surface area contributed by atoms with Crippen LogP contribution in [0.25, 0.3) is 5.57 Å². The van der Waals surface area contributed by atoms with Gasteiger partial charge < -0.3 is 4.74 Å². The number of fused-ring (bicyclic) bond motifs is 2. The molecule has 2 aliphatic heterocycles. The van der Waals surface area contributed by atoms with Crippen molar-refractivity contribution in [3.05, 3.63) is 41.0 Å². The highest BCUT2D eigenvalue weighted by Crippen LogP contribution is 2.40. The minimum atomic E-state index is -4.34.